The van der Waals surface area contributed by atoms with E-state index in [1.165, 1.54) is 0 Å². The maximum Gasteiger partial charge on any atom is 0.162 e. The number of benzene rings is 1. The molecule has 1 fully saturated rings. The summed E-state index contributed by atoms with van der Waals surface area (Å²) < 4.78 is 11.0. The molecular weight excluding hydrogens is 204 g/mol. The highest BCUT2D eigenvalue weighted by Gasteiger charge is 2.17. The topological polar surface area (TPSA) is 35.5 Å². The molecule has 1 aliphatic heterocycles. The number of rotatable bonds is 4. The van der Waals surface area contributed by atoms with Crippen molar-refractivity contribution in [3.63, 3.8) is 0 Å². The maximum absolute atomic E-state index is 11.5. The van der Waals surface area contributed by atoms with E-state index in [1.54, 1.807) is 0 Å². The normalized spacial score (nSPS) is 19.7. The van der Waals surface area contributed by atoms with Gasteiger partial charge in [-0.2, -0.15) is 0 Å². The number of hydrogen-bond donors (Lipinski definition) is 0. The first-order valence-electron chi connectivity index (χ1n) is 5.67. The molecule has 0 aromatic heterocycles. The van der Waals surface area contributed by atoms with Crippen molar-refractivity contribution in [1.82, 2.24) is 0 Å². The number of carbonyl (C=O) groups is 1. The monoisotopic (exact) mass is 220 g/mol. The lowest BCUT2D eigenvalue weighted by Crippen LogP contribution is -2.15. The Morgan fingerprint density at radius 2 is 2.44 bits per heavy atom. The van der Waals surface area contributed by atoms with Crippen molar-refractivity contribution >= 4 is 5.78 Å². The zero-order valence-corrected chi connectivity index (χ0v) is 9.44. The average Bonchev–Trinajstić information content (AvgIpc) is 2.81. The van der Waals surface area contributed by atoms with E-state index < -0.39 is 0 Å². The van der Waals surface area contributed by atoms with E-state index >= 15 is 0 Å². The second-order valence-corrected chi connectivity index (χ2v) is 3.91. The van der Waals surface area contributed by atoms with E-state index in [2.05, 4.69) is 0 Å². The van der Waals surface area contributed by atoms with Crippen molar-refractivity contribution in [2.24, 2.45) is 0 Å². The number of carbonyl (C=O) groups excluding carboxylic acids is 1. The van der Waals surface area contributed by atoms with Crippen molar-refractivity contribution in [1.29, 1.82) is 0 Å². The first-order chi connectivity index (χ1) is 7.79. The fourth-order valence-electron chi connectivity index (χ4n) is 1.75. The van der Waals surface area contributed by atoms with E-state index in [4.69, 9.17) is 9.47 Å². The van der Waals surface area contributed by atoms with Gasteiger partial charge in [0.25, 0.3) is 0 Å². The van der Waals surface area contributed by atoms with Gasteiger partial charge in [0, 0.05) is 18.4 Å². The SMILES string of the molecule is CCC(=O)c1cccc(OC2CCOC2)c1. The van der Waals surface area contributed by atoms with E-state index in [9.17, 15) is 4.79 Å². The summed E-state index contributed by atoms with van der Waals surface area (Å²) in [6, 6.07) is 7.37. The summed E-state index contributed by atoms with van der Waals surface area (Å²) in [5, 5.41) is 0. The molecule has 0 bridgehead atoms. The molecule has 1 heterocycles. The zero-order valence-electron chi connectivity index (χ0n) is 9.44. The van der Waals surface area contributed by atoms with Gasteiger partial charge in [0.2, 0.25) is 0 Å². The molecule has 1 aliphatic rings. The fraction of sp³-hybridized carbons (Fsp3) is 0.462. The standard InChI is InChI=1S/C13H16O3/c1-2-13(14)10-4-3-5-11(8-10)16-12-6-7-15-9-12/h3-5,8,12H,2,6-7,9H2,1H3. The van der Waals surface area contributed by atoms with Crippen LogP contribution in [0, 0.1) is 0 Å². The van der Waals surface area contributed by atoms with Crippen LogP contribution in [-0.4, -0.2) is 25.1 Å². The quantitative estimate of drug-likeness (QED) is 0.731. The van der Waals surface area contributed by atoms with Crippen LogP contribution in [-0.2, 0) is 4.74 Å². The van der Waals surface area contributed by atoms with Gasteiger partial charge in [-0.15, -0.1) is 0 Å². The number of ketones is 1. The summed E-state index contributed by atoms with van der Waals surface area (Å²) in [5.41, 5.74) is 0.721. The highest BCUT2D eigenvalue weighted by Crippen LogP contribution is 2.19. The number of hydrogen-bond acceptors (Lipinski definition) is 3. The zero-order chi connectivity index (χ0) is 11.4. The molecule has 3 nitrogen and oxygen atoms in total. The van der Waals surface area contributed by atoms with Crippen molar-refractivity contribution in [3.05, 3.63) is 29.8 Å². The third-order valence-electron chi connectivity index (χ3n) is 2.67. The summed E-state index contributed by atoms with van der Waals surface area (Å²) in [7, 11) is 0. The second kappa shape index (κ2) is 5.12. The smallest absolute Gasteiger partial charge is 0.162 e. The molecule has 0 N–H and O–H groups in total. The molecule has 16 heavy (non-hydrogen) atoms. The molecule has 0 saturated carbocycles. The Bertz CT molecular complexity index is 367. The molecule has 3 heteroatoms. The van der Waals surface area contributed by atoms with E-state index in [-0.39, 0.29) is 11.9 Å². The van der Waals surface area contributed by atoms with E-state index in [0.29, 0.717) is 13.0 Å². The fourth-order valence-corrected chi connectivity index (χ4v) is 1.75. The lowest BCUT2D eigenvalue weighted by molar-refractivity contribution is 0.0987. The molecule has 0 spiro atoms. The van der Waals surface area contributed by atoms with Gasteiger partial charge in [0.15, 0.2) is 5.78 Å². The molecule has 1 aromatic rings. The van der Waals surface area contributed by atoms with Gasteiger partial charge in [0.1, 0.15) is 11.9 Å². The minimum Gasteiger partial charge on any atom is -0.488 e. The Morgan fingerprint density at radius 3 is 3.12 bits per heavy atom. The molecule has 1 atom stereocenters. The maximum atomic E-state index is 11.5. The Labute approximate surface area is 95.4 Å². The van der Waals surface area contributed by atoms with Gasteiger partial charge in [-0.25, -0.2) is 0 Å². The first-order valence-corrected chi connectivity index (χ1v) is 5.67. The van der Waals surface area contributed by atoms with Crippen LogP contribution >= 0.6 is 0 Å². The molecule has 1 saturated heterocycles. The van der Waals surface area contributed by atoms with Crippen molar-refractivity contribution in [2.45, 2.75) is 25.9 Å². The molecule has 1 aromatic carbocycles. The Hall–Kier alpha value is -1.35. The highest BCUT2D eigenvalue weighted by molar-refractivity contribution is 5.96. The summed E-state index contributed by atoms with van der Waals surface area (Å²) in [4.78, 5) is 11.5. The molecule has 86 valence electrons. The Morgan fingerprint density at radius 1 is 1.56 bits per heavy atom. The highest BCUT2D eigenvalue weighted by atomic mass is 16.5. The Balaban J connectivity index is 2.06. The Kier molecular flexibility index (Phi) is 3.57. The van der Waals surface area contributed by atoms with Crippen LogP contribution in [0.5, 0.6) is 5.75 Å². The van der Waals surface area contributed by atoms with Crippen molar-refractivity contribution in [3.8, 4) is 5.75 Å². The van der Waals surface area contributed by atoms with Gasteiger partial charge in [0.05, 0.1) is 13.2 Å². The van der Waals surface area contributed by atoms with Crippen molar-refractivity contribution < 1.29 is 14.3 Å². The number of ether oxygens (including phenoxy) is 2. The average molecular weight is 220 g/mol. The van der Waals surface area contributed by atoms with Gasteiger partial charge >= 0.3 is 0 Å². The summed E-state index contributed by atoms with van der Waals surface area (Å²) in [5.74, 6) is 0.905. The van der Waals surface area contributed by atoms with Gasteiger partial charge in [-0.3, -0.25) is 4.79 Å². The van der Waals surface area contributed by atoms with Gasteiger partial charge < -0.3 is 9.47 Å². The predicted octanol–water partition coefficient (Wildman–Crippen LogP) is 2.45. The first kappa shape index (κ1) is 11.1. The summed E-state index contributed by atoms with van der Waals surface area (Å²) in [6.07, 6.45) is 1.58. The predicted molar refractivity (Wildman–Crippen MR) is 60.9 cm³/mol. The summed E-state index contributed by atoms with van der Waals surface area (Å²) in [6.45, 7) is 3.27. The second-order valence-electron chi connectivity index (χ2n) is 3.91. The van der Waals surface area contributed by atoms with Crippen LogP contribution in [0.25, 0.3) is 0 Å². The largest absolute Gasteiger partial charge is 0.488 e. The van der Waals surface area contributed by atoms with Crippen LogP contribution in [0.4, 0.5) is 0 Å². The molecule has 1 unspecified atom stereocenters. The molecular formula is C13H16O3. The number of Topliss-reactive ketones (excluding diaryl/α,β-unsaturated/α-hetero) is 1. The molecule has 2 rings (SSSR count). The van der Waals surface area contributed by atoms with E-state index in [0.717, 1.165) is 24.3 Å². The van der Waals surface area contributed by atoms with Gasteiger partial charge in [-0.05, 0) is 12.1 Å². The van der Waals surface area contributed by atoms with Crippen LogP contribution in [0.1, 0.15) is 30.1 Å². The minimum absolute atomic E-state index is 0.131. The molecule has 0 amide bonds. The lowest BCUT2D eigenvalue weighted by Gasteiger charge is -2.12. The van der Waals surface area contributed by atoms with Gasteiger partial charge in [-0.1, -0.05) is 19.1 Å². The third-order valence-corrected chi connectivity index (χ3v) is 2.67. The summed E-state index contributed by atoms with van der Waals surface area (Å²) >= 11 is 0. The minimum atomic E-state index is 0.131. The van der Waals surface area contributed by atoms with Crippen LogP contribution in [0.2, 0.25) is 0 Å². The molecule has 0 aliphatic carbocycles. The van der Waals surface area contributed by atoms with Crippen molar-refractivity contribution in [2.75, 3.05) is 13.2 Å². The van der Waals surface area contributed by atoms with Crippen LogP contribution in [0.15, 0.2) is 24.3 Å². The van der Waals surface area contributed by atoms with E-state index in [1.807, 2.05) is 31.2 Å². The third kappa shape index (κ3) is 2.61. The van der Waals surface area contributed by atoms with Crippen LogP contribution < -0.4 is 4.74 Å². The lowest BCUT2D eigenvalue weighted by atomic mass is 10.1. The molecule has 0 radical (unpaired) electrons. The van der Waals surface area contributed by atoms with Crippen LogP contribution in [0.3, 0.4) is 0 Å².